The van der Waals surface area contributed by atoms with Gasteiger partial charge in [0, 0.05) is 32.1 Å². The van der Waals surface area contributed by atoms with Crippen LogP contribution in [0.25, 0.3) is 11.3 Å². The molecule has 2 atom stereocenters. The standard InChI is InChI=1S/C24H29FN6O4/c1-15(34-24(26)33)11-19-12-21(23(32)27-2)31(35-19)18-7-9-30(10-8-18)22-14-28-20(13-29-22)16-3-5-17(25)6-4-16/h3-6,12-15,18,21H,7-11H2,1-2H3,(H2,26,33)(H,27,32). The highest BCUT2D eigenvalue weighted by molar-refractivity contribution is 5.83. The van der Waals surface area contributed by atoms with Gasteiger partial charge in [0.05, 0.1) is 24.1 Å². The number of carbonyl (C=O) groups is 2. The molecule has 1 aromatic heterocycles. The van der Waals surface area contributed by atoms with Gasteiger partial charge in [-0.25, -0.2) is 14.2 Å². The quantitative estimate of drug-likeness (QED) is 0.614. The number of benzene rings is 1. The topological polar surface area (TPSA) is 123 Å². The Morgan fingerprint density at radius 2 is 1.94 bits per heavy atom. The lowest BCUT2D eigenvalue weighted by Gasteiger charge is -2.38. The fourth-order valence-electron chi connectivity index (χ4n) is 4.35. The smallest absolute Gasteiger partial charge is 0.404 e. The van der Waals surface area contributed by atoms with Gasteiger partial charge in [0.1, 0.15) is 29.5 Å². The third kappa shape index (κ3) is 5.86. The number of carbonyl (C=O) groups excluding carboxylic acids is 2. The largest absolute Gasteiger partial charge is 0.446 e. The fraction of sp³-hybridized carbons (Fsp3) is 0.417. The second-order valence-electron chi connectivity index (χ2n) is 8.58. The molecule has 3 N–H and O–H groups in total. The van der Waals surface area contributed by atoms with Crippen molar-refractivity contribution in [3.8, 4) is 11.3 Å². The van der Waals surface area contributed by atoms with E-state index in [1.54, 1.807) is 49.6 Å². The van der Waals surface area contributed by atoms with Crippen molar-refractivity contribution in [2.24, 2.45) is 5.73 Å². The average Bonchev–Trinajstić information content (AvgIpc) is 3.27. The molecule has 186 valence electrons. The van der Waals surface area contributed by atoms with Gasteiger partial charge in [-0.05, 0) is 50.1 Å². The van der Waals surface area contributed by atoms with Gasteiger partial charge < -0.3 is 25.5 Å². The van der Waals surface area contributed by atoms with Crippen molar-refractivity contribution in [3.05, 3.63) is 54.3 Å². The van der Waals surface area contributed by atoms with Crippen LogP contribution in [0, 0.1) is 5.82 Å². The molecule has 1 aromatic carbocycles. The Hall–Kier alpha value is -3.73. The first kappa shape index (κ1) is 24.4. The van der Waals surface area contributed by atoms with Crippen LogP contribution in [0.3, 0.4) is 0 Å². The maximum Gasteiger partial charge on any atom is 0.404 e. The Morgan fingerprint density at radius 1 is 1.23 bits per heavy atom. The van der Waals surface area contributed by atoms with E-state index in [4.69, 9.17) is 15.3 Å². The summed E-state index contributed by atoms with van der Waals surface area (Å²) < 4.78 is 18.1. The van der Waals surface area contributed by atoms with Gasteiger partial charge in [-0.15, -0.1) is 5.06 Å². The van der Waals surface area contributed by atoms with Crippen LogP contribution in [-0.4, -0.2) is 65.4 Å². The summed E-state index contributed by atoms with van der Waals surface area (Å²) in [5.74, 6) is 0.860. The van der Waals surface area contributed by atoms with E-state index in [9.17, 15) is 14.0 Å². The van der Waals surface area contributed by atoms with E-state index in [2.05, 4.69) is 20.2 Å². The summed E-state index contributed by atoms with van der Waals surface area (Å²) in [6, 6.07) is 5.59. The average molecular weight is 485 g/mol. The number of aromatic nitrogens is 2. The summed E-state index contributed by atoms with van der Waals surface area (Å²) in [5, 5.41) is 4.41. The number of halogens is 1. The normalized spacial score (nSPS) is 19.6. The van der Waals surface area contributed by atoms with Crippen LogP contribution in [0.5, 0.6) is 0 Å². The van der Waals surface area contributed by atoms with Crippen molar-refractivity contribution in [3.63, 3.8) is 0 Å². The van der Waals surface area contributed by atoms with Crippen LogP contribution in [0.15, 0.2) is 48.5 Å². The summed E-state index contributed by atoms with van der Waals surface area (Å²) in [5.41, 5.74) is 6.57. The number of amides is 2. The van der Waals surface area contributed by atoms with Crippen LogP contribution in [0.4, 0.5) is 15.0 Å². The predicted molar refractivity (Wildman–Crippen MR) is 126 cm³/mol. The number of hydroxylamine groups is 2. The summed E-state index contributed by atoms with van der Waals surface area (Å²) in [6.45, 7) is 3.14. The molecule has 0 saturated carbocycles. The number of piperidine rings is 1. The molecule has 2 aliphatic rings. The molecule has 2 unspecified atom stereocenters. The van der Waals surface area contributed by atoms with Crippen molar-refractivity contribution >= 4 is 17.8 Å². The maximum atomic E-state index is 13.2. The Bertz CT molecular complexity index is 1070. The minimum Gasteiger partial charge on any atom is -0.446 e. The van der Waals surface area contributed by atoms with Gasteiger partial charge in [0.15, 0.2) is 0 Å². The van der Waals surface area contributed by atoms with E-state index in [1.807, 2.05) is 0 Å². The molecule has 0 radical (unpaired) electrons. The molecule has 4 rings (SSSR count). The van der Waals surface area contributed by atoms with Crippen LogP contribution >= 0.6 is 0 Å². The zero-order valence-corrected chi connectivity index (χ0v) is 19.7. The van der Waals surface area contributed by atoms with E-state index in [1.165, 1.54) is 12.1 Å². The van der Waals surface area contributed by atoms with Crippen molar-refractivity contribution in [1.29, 1.82) is 0 Å². The number of primary amides is 1. The van der Waals surface area contributed by atoms with E-state index in [-0.39, 0.29) is 17.8 Å². The number of nitrogens with one attached hydrogen (secondary N) is 1. The minimum absolute atomic E-state index is 0.0149. The van der Waals surface area contributed by atoms with Gasteiger partial charge in [-0.2, -0.15) is 0 Å². The molecule has 2 aliphatic heterocycles. The number of ether oxygens (including phenoxy) is 1. The molecule has 0 aliphatic carbocycles. The zero-order chi connectivity index (χ0) is 24.9. The lowest BCUT2D eigenvalue weighted by Crippen LogP contribution is -2.50. The number of nitrogens with zero attached hydrogens (tertiary/aromatic N) is 4. The number of nitrogens with two attached hydrogens (primary N) is 1. The molecule has 1 fully saturated rings. The van der Waals surface area contributed by atoms with Gasteiger partial charge in [-0.1, -0.05) is 0 Å². The van der Waals surface area contributed by atoms with Crippen molar-refractivity contribution in [2.75, 3.05) is 25.0 Å². The summed E-state index contributed by atoms with van der Waals surface area (Å²) in [7, 11) is 1.59. The SMILES string of the molecule is CNC(=O)C1C=C(CC(C)OC(N)=O)ON1C1CCN(c2cnc(-c3ccc(F)cc3)cn2)CC1. The monoisotopic (exact) mass is 484 g/mol. The molecule has 0 spiro atoms. The molecule has 0 bridgehead atoms. The first-order valence-electron chi connectivity index (χ1n) is 11.5. The molecular formula is C24H29FN6O4. The second-order valence-corrected chi connectivity index (χ2v) is 8.58. The molecule has 2 amide bonds. The van der Waals surface area contributed by atoms with Crippen molar-refractivity contribution in [2.45, 2.75) is 44.4 Å². The predicted octanol–water partition coefficient (Wildman–Crippen LogP) is 2.37. The van der Waals surface area contributed by atoms with Gasteiger partial charge in [-0.3, -0.25) is 9.78 Å². The van der Waals surface area contributed by atoms with Crippen LogP contribution < -0.4 is 16.0 Å². The number of anilines is 1. The molecule has 10 nitrogen and oxygen atoms in total. The molecule has 11 heteroatoms. The number of likely N-dealkylation sites (N-methyl/N-ethyl adjacent to an activating group) is 1. The first-order valence-corrected chi connectivity index (χ1v) is 11.5. The minimum atomic E-state index is -0.850. The third-order valence-electron chi connectivity index (χ3n) is 6.09. The Kier molecular flexibility index (Phi) is 7.45. The Balaban J connectivity index is 1.36. The highest BCUT2D eigenvalue weighted by Gasteiger charge is 2.39. The summed E-state index contributed by atoms with van der Waals surface area (Å²) in [6.07, 6.45) is 5.67. The Labute approximate surface area is 202 Å². The van der Waals surface area contributed by atoms with Crippen LogP contribution in [-0.2, 0) is 14.4 Å². The van der Waals surface area contributed by atoms with E-state index in [0.717, 1.165) is 24.2 Å². The zero-order valence-electron chi connectivity index (χ0n) is 19.7. The highest BCUT2D eigenvalue weighted by atomic mass is 19.1. The van der Waals surface area contributed by atoms with Crippen LogP contribution in [0.1, 0.15) is 26.2 Å². The highest BCUT2D eigenvalue weighted by Crippen LogP contribution is 2.30. The van der Waals surface area contributed by atoms with Gasteiger partial charge >= 0.3 is 6.09 Å². The molecule has 1 saturated heterocycles. The van der Waals surface area contributed by atoms with Gasteiger partial charge in [0.25, 0.3) is 0 Å². The third-order valence-corrected chi connectivity index (χ3v) is 6.09. The fourth-order valence-corrected chi connectivity index (χ4v) is 4.35. The molecular weight excluding hydrogens is 455 g/mol. The first-order chi connectivity index (χ1) is 16.8. The van der Waals surface area contributed by atoms with E-state index >= 15 is 0 Å². The van der Waals surface area contributed by atoms with Gasteiger partial charge in [0.2, 0.25) is 5.91 Å². The lowest BCUT2D eigenvalue weighted by atomic mass is 10.0. The number of hydrogen-bond donors (Lipinski definition) is 2. The second kappa shape index (κ2) is 10.7. The Morgan fingerprint density at radius 3 is 2.54 bits per heavy atom. The number of rotatable bonds is 7. The number of hydrogen-bond acceptors (Lipinski definition) is 8. The molecule has 2 aromatic rings. The van der Waals surface area contributed by atoms with E-state index < -0.39 is 18.2 Å². The van der Waals surface area contributed by atoms with E-state index in [0.29, 0.717) is 31.0 Å². The lowest BCUT2D eigenvalue weighted by molar-refractivity contribution is -0.168. The molecule has 35 heavy (non-hydrogen) atoms. The summed E-state index contributed by atoms with van der Waals surface area (Å²) >= 11 is 0. The summed E-state index contributed by atoms with van der Waals surface area (Å²) in [4.78, 5) is 40.7. The maximum absolute atomic E-state index is 13.2. The van der Waals surface area contributed by atoms with Crippen molar-refractivity contribution < 1.29 is 23.6 Å². The van der Waals surface area contributed by atoms with Crippen molar-refractivity contribution in [1.82, 2.24) is 20.3 Å². The van der Waals surface area contributed by atoms with Crippen LogP contribution in [0.2, 0.25) is 0 Å². The molecule has 3 heterocycles.